The Morgan fingerprint density at radius 2 is 1.53 bits per heavy atom. The smallest absolute Gasteiger partial charge is 0.326 e. The molecule has 2 unspecified atom stereocenters. The van der Waals surface area contributed by atoms with E-state index >= 15 is 0 Å². The van der Waals surface area contributed by atoms with Crippen LogP contribution in [0.15, 0.2) is 30.3 Å². The lowest BCUT2D eigenvalue weighted by Crippen LogP contribution is -2.59. The molecule has 0 saturated carbocycles. The third-order valence-electron chi connectivity index (χ3n) is 10.8. The Bertz CT molecular complexity index is 1330. The quantitative estimate of drug-likeness (QED) is 0.172. The van der Waals surface area contributed by atoms with Crippen molar-refractivity contribution >= 4 is 29.6 Å². The lowest BCUT2D eigenvalue weighted by Gasteiger charge is -2.41. The van der Waals surface area contributed by atoms with Crippen LogP contribution in [0.3, 0.4) is 0 Å². The number of likely N-dealkylation sites (N-methyl/N-ethyl adjacent to an activating group) is 2. The highest BCUT2D eigenvalue weighted by Gasteiger charge is 2.43. The van der Waals surface area contributed by atoms with Gasteiger partial charge in [-0.2, -0.15) is 0 Å². The molecule has 3 N–H and O–H groups in total. The average molecular weight is 746 g/mol. The van der Waals surface area contributed by atoms with E-state index in [0.29, 0.717) is 19.4 Å². The zero-order valence-electron chi connectivity index (χ0n) is 34.1. The number of nitrogens with one attached hydrogen (secondary N) is 2. The number of rotatable bonds is 21. The van der Waals surface area contributed by atoms with Gasteiger partial charge < -0.3 is 35.0 Å². The van der Waals surface area contributed by atoms with Crippen molar-refractivity contribution in [2.75, 3.05) is 41.9 Å². The zero-order chi connectivity index (χ0) is 40.2. The number of carbonyl (C=O) groups excluding carboxylic acids is 4. The molecule has 1 aromatic rings. The standard InChI is InChI=1S/C40H67N5O8/c1-13-26(6)35(44(10)39(49)33(24(2)3)42-38(48)34(25(4)5)43(8)9)31(52-11)23-32(46)45-21-17-20-30(45)36(53-12)27(7)37(47)41-29(40(50)51)22-28-18-15-14-16-19-28/h14-16,18-19,24-27,29-31,33-36H,13,17,20-23H2,1-12H3,(H,41,47)(H,42,48)(H,50,51)/t26-,27+,29-,30?,31-,33-,34-,35?,36-/m0/s1. The molecule has 1 fully saturated rings. The van der Waals surface area contributed by atoms with Crippen molar-refractivity contribution < 1.29 is 38.6 Å². The van der Waals surface area contributed by atoms with E-state index < -0.39 is 60.2 Å². The predicted molar refractivity (Wildman–Crippen MR) is 205 cm³/mol. The van der Waals surface area contributed by atoms with E-state index in [0.717, 1.165) is 12.0 Å². The second-order valence-corrected chi connectivity index (χ2v) is 15.6. The van der Waals surface area contributed by atoms with Crippen molar-refractivity contribution in [3.05, 3.63) is 35.9 Å². The number of benzene rings is 1. The lowest BCUT2D eigenvalue weighted by atomic mass is 9.89. The fourth-order valence-corrected chi connectivity index (χ4v) is 7.76. The van der Waals surface area contributed by atoms with Crippen molar-refractivity contribution in [1.82, 2.24) is 25.3 Å². The molecule has 0 aromatic heterocycles. The normalized spacial score (nSPS) is 19.2. The number of ether oxygens (including phenoxy) is 2. The molecule has 53 heavy (non-hydrogen) atoms. The van der Waals surface area contributed by atoms with Crippen LogP contribution >= 0.6 is 0 Å². The van der Waals surface area contributed by atoms with E-state index in [4.69, 9.17) is 9.47 Å². The highest BCUT2D eigenvalue weighted by Crippen LogP contribution is 2.30. The summed E-state index contributed by atoms with van der Waals surface area (Å²) < 4.78 is 11.9. The van der Waals surface area contributed by atoms with Gasteiger partial charge in [-0.05, 0) is 50.3 Å². The van der Waals surface area contributed by atoms with Gasteiger partial charge in [0.1, 0.15) is 12.1 Å². The molecule has 13 heteroatoms. The van der Waals surface area contributed by atoms with Crippen LogP contribution in [0.1, 0.15) is 79.7 Å². The minimum absolute atomic E-state index is 0.0104. The first-order valence-corrected chi connectivity index (χ1v) is 19.1. The third kappa shape index (κ3) is 12.2. The topological polar surface area (TPSA) is 158 Å². The molecule has 4 amide bonds. The minimum atomic E-state index is -1.14. The molecule has 1 aliphatic heterocycles. The molecular weight excluding hydrogens is 678 g/mol. The monoisotopic (exact) mass is 745 g/mol. The lowest BCUT2D eigenvalue weighted by molar-refractivity contribution is -0.148. The summed E-state index contributed by atoms with van der Waals surface area (Å²) in [5.41, 5.74) is 0.785. The van der Waals surface area contributed by atoms with Crippen molar-refractivity contribution in [3.8, 4) is 0 Å². The Morgan fingerprint density at radius 1 is 0.906 bits per heavy atom. The minimum Gasteiger partial charge on any atom is -0.480 e. The third-order valence-corrected chi connectivity index (χ3v) is 10.8. The Hall–Kier alpha value is -3.55. The van der Waals surface area contributed by atoms with Gasteiger partial charge >= 0.3 is 5.97 Å². The molecule has 2 rings (SSSR count). The van der Waals surface area contributed by atoms with E-state index in [9.17, 15) is 29.1 Å². The maximum atomic E-state index is 14.2. The number of aliphatic carboxylic acids is 1. The number of hydrogen-bond donors (Lipinski definition) is 3. The summed E-state index contributed by atoms with van der Waals surface area (Å²) in [6, 6.07) is 5.89. The number of carbonyl (C=O) groups is 5. The molecule has 1 heterocycles. The SMILES string of the molecule is CC[C@H](C)C([C@H](CC(=O)N1CCCC1[C@@H](OC)[C@@H](C)C(=O)N[C@@H](Cc1ccccc1)C(=O)O)OC)N(C)C(=O)[C@@H](NC(=O)[C@H](C(C)C)N(C)C)C(C)C. The van der Waals surface area contributed by atoms with Crippen molar-refractivity contribution in [3.63, 3.8) is 0 Å². The second kappa shape index (κ2) is 21.4. The number of nitrogens with zero attached hydrogens (tertiary/aromatic N) is 3. The van der Waals surface area contributed by atoms with Gasteiger partial charge in [-0.25, -0.2) is 4.79 Å². The number of carboxylic acid groups (broad SMARTS) is 1. The van der Waals surface area contributed by atoms with Crippen LogP contribution in [-0.2, 0) is 39.9 Å². The van der Waals surface area contributed by atoms with Crippen molar-refractivity contribution in [2.24, 2.45) is 23.7 Å². The summed E-state index contributed by atoms with van der Waals surface area (Å²) in [6.07, 6.45) is 0.820. The van der Waals surface area contributed by atoms with E-state index in [-0.39, 0.29) is 48.3 Å². The van der Waals surface area contributed by atoms with Gasteiger partial charge in [-0.3, -0.25) is 24.1 Å². The van der Waals surface area contributed by atoms with E-state index in [2.05, 4.69) is 10.6 Å². The van der Waals surface area contributed by atoms with Crippen LogP contribution in [0.25, 0.3) is 0 Å². The summed E-state index contributed by atoms with van der Waals surface area (Å²) in [6.45, 7) is 13.9. The summed E-state index contributed by atoms with van der Waals surface area (Å²) in [4.78, 5) is 72.5. The van der Waals surface area contributed by atoms with Gasteiger partial charge in [0.2, 0.25) is 23.6 Å². The first-order chi connectivity index (χ1) is 24.9. The largest absolute Gasteiger partial charge is 0.480 e. The van der Waals surface area contributed by atoms with E-state index in [1.165, 1.54) is 14.2 Å². The van der Waals surface area contributed by atoms with Gasteiger partial charge in [0.05, 0.1) is 42.7 Å². The van der Waals surface area contributed by atoms with Crippen molar-refractivity contribution in [1.29, 1.82) is 0 Å². The fourth-order valence-electron chi connectivity index (χ4n) is 7.76. The highest BCUT2D eigenvalue weighted by molar-refractivity contribution is 5.90. The maximum Gasteiger partial charge on any atom is 0.326 e. The van der Waals surface area contributed by atoms with Crippen LogP contribution in [0.2, 0.25) is 0 Å². The predicted octanol–water partition coefficient (Wildman–Crippen LogP) is 3.45. The number of hydrogen-bond acceptors (Lipinski definition) is 8. The molecule has 1 saturated heterocycles. The molecule has 13 nitrogen and oxygen atoms in total. The Labute approximate surface area is 317 Å². The molecule has 0 radical (unpaired) electrons. The van der Waals surface area contributed by atoms with E-state index in [1.807, 2.05) is 90.9 Å². The molecule has 0 aliphatic carbocycles. The van der Waals surface area contributed by atoms with Gasteiger partial charge in [-0.15, -0.1) is 0 Å². The Morgan fingerprint density at radius 3 is 2.02 bits per heavy atom. The maximum absolute atomic E-state index is 14.2. The second-order valence-electron chi connectivity index (χ2n) is 15.6. The van der Waals surface area contributed by atoms with E-state index in [1.54, 1.807) is 23.8 Å². The van der Waals surface area contributed by atoms with Crippen LogP contribution in [0, 0.1) is 23.7 Å². The summed E-state index contributed by atoms with van der Waals surface area (Å²) in [5, 5.41) is 15.6. The average Bonchev–Trinajstić information content (AvgIpc) is 3.59. The number of amides is 4. The summed E-state index contributed by atoms with van der Waals surface area (Å²) in [5.74, 6) is -3.21. The highest BCUT2D eigenvalue weighted by atomic mass is 16.5. The molecule has 0 bridgehead atoms. The Balaban J connectivity index is 2.27. The fraction of sp³-hybridized carbons (Fsp3) is 0.725. The molecule has 1 aliphatic rings. The number of likely N-dealkylation sites (tertiary alicyclic amines) is 1. The van der Waals surface area contributed by atoms with Crippen molar-refractivity contribution in [2.45, 2.75) is 123 Å². The van der Waals surface area contributed by atoms with Crippen LogP contribution in [-0.4, -0.2) is 134 Å². The van der Waals surface area contributed by atoms with Crippen LogP contribution in [0.4, 0.5) is 0 Å². The molecular formula is C40H67N5O8. The Kier molecular flexibility index (Phi) is 18.4. The molecule has 9 atom stereocenters. The first-order valence-electron chi connectivity index (χ1n) is 19.1. The van der Waals surface area contributed by atoms with Crippen LogP contribution < -0.4 is 10.6 Å². The summed E-state index contributed by atoms with van der Waals surface area (Å²) >= 11 is 0. The zero-order valence-corrected chi connectivity index (χ0v) is 34.1. The van der Waals surface area contributed by atoms with Gasteiger partial charge in [0, 0.05) is 34.2 Å². The number of carboxylic acids is 1. The van der Waals surface area contributed by atoms with Gasteiger partial charge in [-0.1, -0.05) is 85.2 Å². The molecule has 1 aromatic carbocycles. The van der Waals surface area contributed by atoms with Gasteiger partial charge in [0.15, 0.2) is 0 Å². The molecule has 0 spiro atoms. The molecule has 300 valence electrons. The van der Waals surface area contributed by atoms with Crippen LogP contribution in [0.5, 0.6) is 0 Å². The number of methoxy groups -OCH3 is 2. The van der Waals surface area contributed by atoms with Gasteiger partial charge in [0.25, 0.3) is 0 Å². The first kappa shape index (κ1) is 45.6. The summed E-state index contributed by atoms with van der Waals surface area (Å²) in [7, 11) is 8.44.